The minimum Gasteiger partial charge on any atom is -0.504 e. The van der Waals surface area contributed by atoms with Crippen molar-refractivity contribution in [3.63, 3.8) is 0 Å². The highest BCUT2D eigenvalue weighted by atomic mass is 16.5. The summed E-state index contributed by atoms with van der Waals surface area (Å²) in [6, 6.07) is 5.94. The first-order valence-corrected chi connectivity index (χ1v) is 5.89. The van der Waals surface area contributed by atoms with Gasteiger partial charge in [-0.1, -0.05) is 0 Å². The Balaban J connectivity index is 2.18. The molecule has 1 N–H and O–H groups in total. The van der Waals surface area contributed by atoms with Gasteiger partial charge in [-0.15, -0.1) is 0 Å². The van der Waals surface area contributed by atoms with Gasteiger partial charge in [0, 0.05) is 25.4 Å². The molecule has 0 aromatic heterocycles. The van der Waals surface area contributed by atoms with E-state index in [0.29, 0.717) is 11.8 Å². The fourth-order valence-electron chi connectivity index (χ4n) is 2.40. The van der Waals surface area contributed by atoms with Crippen LogP contribution in [0.1, 0.15) is 12.8 Å². The van der Waals surface area contributed by atoms with Gasteiger partial charge in [-0.3, -0.25) is 0 Å². The number of methoxy groups -OCH3 is 2. The molecule has 94 valence electrons. The third kappa shape index (κ3) is 2.47. The molecular formula is C13H19NO3. The number of nitrogens with zero attached hydrogens (tertiary/aromatic N) is 1. The zero-order valence-electron chi connectivity index (χ0n) is 10.3. The lowest BCUT2D eigenvalue weighted by molar-refractivity contribution is 0.181. The fourth-order valence-corrected chi connectivity index (χ4v) is 2.40. The van der Waals surface area contributed by atoms with Crippen LogP contribution in [0.4, 0.5) is 5.69 Å². The molecule has 4 nitrogen and oxygen atoms in total. The molecule has 1 fully saturated rings. The van der Waals surface area contributed by atoms with Crippen LogP contribution in [0.3, 0.4) is 0 Å². The molecule has 17 heavy (non-hydrogen) atoms. The second-order valence-electron chi connectivity index (χ2n) is 4.30. The topological polar surface area (TPSA) is 41.9 Å². The summed E-state index contributed by atoms with van der Waals surface area (Å²) in [5.41, 5.74) is 1.03. The Morgan fingerprint density at radius 3 is 2.88 bits per heavy atom. The van der Waals surface area contributed by atoms with Crippen molar-refractivity contribution < 1.29 is 14.6 Å². The number of phenolic OH excluding ortho intramolecular Hbond substituents is 1. The van der Waals surface area contributed by atoms with Gasteiger partial charge in [0.1, 0.15) is 0 Å². The quantitative estimate of drug-likeness (QED) is 0.870. The molecule has 1 heterocycles. The smallest absolute Gasteiger partial charge is 0.160 e. The van der Waals surface area contributed by atoms with E-state index in [1.807, 2.05) is 6.07 Å². The maximum atomic E-state index is 9.78. The van der Waals surface area contributed by atoms with Crippen molar-refractivity contribution in [2.24, 2.45) is 0 Å². The Morgan fingerprint density at radius 1 is 1.41 bits per heavy atom. The molecule has 4 heteroatoms. The first kappa shape index (κ1) is 12.0. The Kier molecular flexibility index (Phi) is 3.74. The number of phenols is 1. The van der Waals surface area contributed by atoms with Gasteiger partial charge in [-0.25, -0.2) is 0 Å². The lowest BCUT2D eigenvalue weighted by Crippen LogP contribution is -2.32. The number of hydrogen-bond donors (Lipinski definition) is 1. The summed E-state index contributed by atoms with van der Waals surface area (Å²) in [6.07, 6.45) is 2.31. The van der Waals surface area contributed by atoms with Crippen LogP contribution in [0, 0.1) is 0 Å². The van der Waals surface area contributed by atoms with Crippen molar-refractivity contribution >= 4 is 5.69 Å². The van der Waals surface area contributed by atoms with Crippen LogP contribution in [0.15, 0.2) is 18.2 Å². The first-order chi connectivity index (χ1) is 8.26. The van der Waals surface area contributed by atoms with E-state index in [-0.39, 0.29) is 5.75 Å². The second kappa shape index (κ2) is 5.27. The summed E-state index contributed by atoms with van der Waals surface area (Å²) >= 11 is 0. The highest BCUT2D eigenvalue weighted by Gasteiger charge is 2.25. The van der Waals surface area contributed by atoms with E-state index < -0.39 is 0 Å². The molecule has 0 aliphatic carbocycles. The molecule has 1 aliphatic rings. The summed E-state index contributed by atoms with van der Waals surface area (Å²) in [6.45, 7) is 1.74. The van der Waals surface area contributed by atoms with Crippen LogP contribution in [0.25, 0.3) is 0 Å². The predicted molar refractivity (Wildman–Crippen MR) is 66.9 cm³/mol. The second-order valence-corrected chi connectivity index (χ2v) is 4.30. The molecule has 1 saturated heterocycles. The van der Waals surface area contributed by atoms with E-state index in [1.165, 1.54) is 6.42 Å². The van der Waals surface area contributed by atoms with Crippen molar-refractivity contribution in [3.8, 4) is 11.5 Å². The minimum atomic E-state index is 0.188. The first-order valence-electron chi connectivity index (χ1n) is 5.89. The number of anilines is 1. The molecule has 0 radical (unpaired) electrons. The number of hydrogen-bond acceptors (Lipinski definition) is 4. The monoisotopic (exact) mass is 237 g/mol. The highest BCUT2D eigenvalue weighted by Crippen LogP contribution is 2.33. The molecule has 1 aliphatic heterocycles. The Bertz CT molecular complexity index is 381. The average Bonchev–Trinajstić information content (AvgIpc) is 2.78. The molecule has 0 amide bonds. The third-order valence-electron chi connectivity index (χ3n) is 3.23. The standard InChI is InChI=1S/C13H19NO3/c1-16-9-11-4-3-7-14(11)10-5-6-13(17-2)12(15)8-10/h5-6,8,11,15H,3-4,7,9H2,1-2H3. The molecule has 1 unspecified atom stereocenters. The van der Waals surface area contributed by atoms with Gasteiger partial charge in [0.15, 0.2) is 11.5 Å². The van der Waals surface area contributed by atoms with Crippen LogP contribution < -0.4 is 9.64 Å². The highest BCUT2D eigenvalue weighted by molar-refractivity contribution is 5.57. The Morgan fingerprint density at radius 2 is 2.24 bits per heavy atom. The van der Waals surface area contributed by atoms with Crippen LogP contribution in [0.5, 0.6) is 11.5 Å². The zero-order chi connectivity index (χ0) is 12.3. The normalized spacial score (nSPS) is 19.6. The summed E-state index contributed by atoms with van der Waals surface area (Å²) < 4.78 is 10.3. The van der Waals surface area contributed by atoms with Gasteiger partial charge in [-0.2, -0.15) is 0 Å². The van der Waals surface area contributed by atoms with E-state index in [4.69, 9.17) is 9.47 Å². The van der Waals surface area contributed by atoms with E-state index in [9.17, 15) is 5.11 Å². The summed E-state index contributed by atoms with van der Waals surface area (Å²) in [5.74, 6) is 0.698. The largest absolute Gasteiger partial charge is 0.504 e. The lowest BCUT2D eigenvalue weighted by atomic mass is 10.2. The number of rotatable bonds is 4. The van der Waals surface area contributed by atoms with Gasteiger partial charge >= 0.3 is 0 Å². The van der Waals surface area contributed by atoms with Gasteiger partial charge in [0.25, 0.3) is 0 Å². The summed E-state index contributed by atoms with van der Waals surface area (Å²) in [5, 5.41) is 9.78. The fraction of sp³-hybridized carbons (Fsp3) is 0.538. The molecule has 2 rings (SSSR count). The number of benzene rings is 1. The molecular weight excluding hydrogens is 218 g/mol. The van der Waals surface area contributed by atoms with Crippen molar-refractivity contribution in [1.82, 2.24) is 0 Å². The van der Waals surface area contributed by atoms with Gasteiger partial charge < -0.3 is 19.5 Å². The van der Waals surface area contributed by atoms with Gasteiger partial charge in [-0.05, 0) is 25.0 Å². The predicted octanol–water partition coefficient (Wildman–Crippen LogP) is 2.02. The van der Waals surface area contributed by atoms with E-state index in [2.05, 4.69) is 4.90 Å². The molecule has 0 spiro atoms. The Labute approximate surface area is 102 Å². The molecule has 1 atom stereocenters. The molecule has 1 aromatic rings. The zero-order valence-corrected chi connectivity index (χ0v) is 10.3. The van der Waals surface area contributed by atoms with Crippen LogP contribution >= 0.6 is 0 Å². The maximum absolute atomic E-state index is 9.78. The van der Waals surface area contributed by atoms with E-state index in [0.717, 1.165) is 25.3 Å². The maximum Gasteiger partial charge on any atom is 0.160 e. The van der Waals surface area contributed by atoms with E-state index >= 15 is 0 Å². The summed E-state index contributed by atoms with van der Waals surface area (Å²) in [4.78, 5) is 2.28. The van der Waals surface area contributed by atoms with Crippen molar-refractivity contribution in [2.75, 3.05) is 32.3 Å². The van der Waals surface area contributed by atoms with Gasteiger partial charge in [0.2, 0.25) is 0 Å². The molecule has 0 saturated carbocycles. The van der Waals surface area contributed by atoms with Crippen LogP contribution in [0.2, 0.25) is 0 Å². The van der Waals surface area contributed by atoms with Crippen molar-refractivity contribution in [1.29, 1.82) is 0 Å². The van der Waals surface area contributed by atoms with Crippen molar-refractivity contribution in [2.45, 2.75) is 18.9 Å². The average molecular weight is 237 g/mol. The van der Waals surface area contributed by atoms with Crippen molar-refractivity contribution in [3.05, 3.63) is 18.2 Å². The minimum absolute atomic E-state index is 0.188. The van der Waals surface area contributed by atoms with Crippen LogP contribution in [-0.4, -0.2) is 38.5 Å². The molecule has 0 bridgehead atoms. The molecule has 1 aromatic carbocycles. The van der Waals surface area contributed by atoms with E-state index in [1.54, 1.807) is 26.4 Å². The third-order valence-corrected chi connectivity index (χ3v) is 3.23. The van der Waals surface area contributed by atoms with Crippen LogP contribution in [-0.2, 0) is 4.74 Å². The van der Waals surface area contributed by atoms with Gasteiger partial charge in [0.05, 0.1) is 19.8 Å². The summed E-state index contributed by atoms with van der Waals surface area (Å²) in [7, 11) is 3.28. The number of ether oxygens (including phenoxy) is 2. The SMILES string of the molecule is COCC1CCCN1c1ccc(OC)c(O)c1. The lowest BCUT2D eigenvalue weighted by Gasteiger charge is -2.26. The number of aromatic hydroxyl groups is 1. The Hall–Kier alpha value is -1.42.